The SMILES string of the molecule is CCOC(=O)CCCn1cncc1C1(C)CCNCC1. The minimum atomic E-state index is -0.109. The Kier molecular flexibility index (Phi) is 5.17. The van der Waals surface area contributed by atoms with Crippen molar-refractivity contribution in [1.82, 2.24) is 14.9 Å². The number of carbonyl (C=O) groups excluding carboxylic acids is 1. The minimum Gasteiger partial charge on any atom is -0.466 e. The van der Waals surface area contributed by atoms with E-state index in [2.05, 4.69) is 21.8 Å². The third-order valence-electron chi connectivity index (χ3n) is 4.12. The van der Waals surface area contributed by atoms with Gasteiger partial charge in [0.1, 0.15) is 0 Å². The number of aromatic nitrogens is 2. The van der Waals surface area contributed by atoms with Crippen molar-refractivity contribution in [3.63, 3.8) is 0 Å². The molecule has 0 bridgehead atoms. The Morgan fingerprint density at radius 1 is 1.50 bits per heavy atom. The summed E-state index contributed by atoms with van der Waals surface area (Å²) in [6, 6.07) is 0. The van der Waals surface area contributed by atoms with Crippen LogP contribution in [-0.4, -0.2) is 35.2 Å². The van der Waals surface area contributed by atoms with E-state index >= 15 is 0 Å². The van der Waals surface area contributed by atoms with Gasteiger partial charge in [0, 0.05) is 30.3 Å². The van der Waals surface area contributed by atoms with Crippen molar-refractivity contribution in [1.29, 1.82) is 0 Å². The van der Waals surface area contributed by atoms with Crippen LogP contribution in [0.15, 0.2) is 12.5 Å². The van der Waals surface area contributed by atoms with Crippen LogP contribution in [0, 0.1) is 0 Å². The number of ether oxygens (including phenoxy) is 1. The fourth-order valence-electron chi connectivity index (χ4n) is 2.86. The van der Waals surface area contributed by atoms with Gasteiger partial charge in [0.15, 0.2) is 0 Å². The van der Waals surface area contributed by atoms with E-state index in [4.69, 9.17) is 4.74 Å². The Bertz CT molecular complexity index is 436. The molecule has 1 fully saturated rings. The van der Waals surface area contributed by atoms with Crippen molar-refractivity contribution in [2.45, 2.75) is 51.5 Å². The van der Waals surface area contributed by atoms with Crippen molar-refractivity contribution >= 4 is 5.97 Å². The smallest absolute Gasteiger partial charge is 0.305 e. The number of imidazole rings is 1. The molecule has 1 aliphatic heterocycles. The fourth-order valence-corrected chi connectivity index (χ4v) is 2.86. The zero-order chi connectivity index (χ0) is 14.4. The molecule has 1 aromatic heterocycles. The van der Waals surface area contributed by atoms with Crippen LogP contribution in [0.5, 0.6) is 0 Å². The maximum Gasteiger partial charge on any atom is 0.305 e. The molecule has 2 heterocycles. The second-order valence-corrected chi connectivity index (χ2v) is 5.69. The van der Waals surface area contributed by atoms with Gasteiger partial charge in [-0.3, -0.25) is 4.79 Å². The van der Waals surface area contributed by atoms with Crippen molar-refractivity contribution in [2.75, 3.05) is 19.7 Å². The molecular weight excluding hydrogens is 254 g/mol. The van der Waals surface area contributed by atoms with Crippen LogP contribution < -0.4 is 5.32 Å². The summed E-state index contributed by atoms with van der Waals surface area (Å²) < 4.78 is 7.15. The molecule has 1 aromatic rings. The minimum absolute atomic E-state index is 0.109. The lowest BCUT2D eigenvalue weighted by atomic mass is 9.78. The lowest BCUT2D eigenvalue weighted by Gasteiger charge is -2.34. The standard InChI is InChI=1S/C15H25N3O2/c1-3-20-14(19)5-4-10-18-12-17-11-13(18)15(2)6-8-16-9-7-15/h11-12,16H,3-10H2,1-2H3. The molecule has 1 N–H and O–H groups in total. The van der Waals surface area contributed by atoms with Gasteiger partial charge >= 0.3 is 5.97 Å². The number of hydrogen-bond acceptors (Lipinski definition) is 4. The predicted octanol–water partition coefficient (Wildman–Crippen LogP) is 1.87. The Morgan fingerprint density at radius 3 is 2.95 bits per heavy atom. The van der Waals surface area contributed by atoms with E-state index in [-0.39, 0.29) is 11.4 Å². The molecule has 0 radical (unpaired) electrons. The van der Waals surface area contributed by atoms with Crippen LogP contribution in [-0.2, 0) is 21.5 Å². The zero-order valence-corrected chi connectivity index (χ0v) is 12.5. The summed E-state index contributed by atoms with van der Waals surface area (Å²) in [6.45, 7) is 7.56. The average molecular weight is 279 g/mol. The van der Waals surface area contributed by atoms with Gasteiger partial charge in [-0.15, -0.1) is 0 Å². The molecule has 1 saturated heterocycles. The Labute approximate surface area is 120 Å². The van der Waals surface area contributed by atoms with Crippen molar-refractivity contribution in [3.8, 4) is 0 Å². The molecule has 20 heavy (non-hydrogen) atoms. The molecule has 0 amide bonds. The van der Waals surface area contributed by atoms with Crippen molar-refractivity contribution in [3.05, 3.63) is 18.2 Å². The molecule has 0 saturated carbocycles. The van der Waals surface area contributed by atoms with E-state index in [1.165, 1.54) is 5.69 Å². The number of carbonyl (C=O) groups is 1. The van der Waals surface area contributed by atoms with Gasteiger partial charge in [0.25, 0.3) is 0 Å². The zero-order valence-electron chi connectivity index (χ0n) is 12.5. The molecule has 112 valence electrons. The first-order chi connectivity index (χ1) is 9.65. The number of aryl methyl sites for hydroxylation is 1. The number of esters is 1. The van der Waals surface area contributed by atoms with Gasteiger partial charge in [-0.2, -0.15) is 0 Å². The highest BCUT2D eigenvalue weighted by atomic mass is 16.5. The quantitative estimate of drug-likeness (QED) is 0.808. The third kappa shape index (κ3) is 3.60. The van der Waals surface area contributed by atoms with E-state index in [1.54, 1.807) is 0 Å². The topological polar surface area (TPSA) is 56.2 Å². The molecule has 0 spiro atoms. The number of piperidine rings is 1. The van der Waals surface area contributed by atoms with Crippen LogP contribution >= 0.6 is 0 Å². The second kappa shape index (κ2) is 6.88. The summed E-state index contributed by atoms with van der Waals surface area (Å²) in [4.78, 5) is 15.7. The lowest BCUT2D eigenvalue weighted by molar-refractivity contribution is -0.143. The molecule has 0 atom stereocenters. The normalized spacial score (nSPS) is 17.9. The molecule has 0 aliphatic carbocycles. The van der Waals surface area contributed by atoms with Gasteiger partial charge in [-0.05, 0) is 39.3 Å². The van der Waals surface area contributed by atoms with Gasteiger partial charge < -0.3 is 14.6 Å². The number of nitrogens with one attached hydrogen (secondary N) is 1. The highest BCUT2D eigenvalue weighted by molar-refractivity contribution is 5.69. The van der Waals surface area contributed by atoms with Crippen LogP contribution in [0.25, 0.3) is 0 Å². The second-order valence-electron chi connectivity index (χ2n) is 5.69. The summed E-state index contributed by atoms with van der Waals surface area (Å²) in [5, 5.41) is 3.40. The molecule has 5 heteroatoms. The highest BCUT2D eigenvalue weighted by Crippen LogP contribution is 2.32. The molecule has 0 unspecified atom stereocenters. The molecular formula is C15H25N3O2. The summed E-state index contributed by atoms with van der Waals surface area (Å²) >= 11 is 0. The Hall–Kier alpha value is -1.36. The average Bonchev–Trinajstić information content (AvgIpc) is 2.89. The lowest BCUT2D eigenvalue weighted by Crippen LogP contribution is -2.39. The highest BCUT2D eigenvalue weighted by Gasteiger charge is 2.31. The maximum atomic E-state index is 11.4. The van der Waals surface area contributed by atoms with Gasteiger partial charge in [-0.1, -0.05) is 6.92 Å². The number of rotatable bonds is 6. The van der Waals surface area contributed by atoms with Crippen LogP contribution in [0.2, 0.25) is 0 Å². The summed E-state index contributed by atoms with van der Waals surface area (Å²) in [7, 11) is 0. The summed E-state index contributed by atoms with van der Waals surface area (Å²) in [5.41, 5.74) is 1.49. The number of nitrogens with zero attached hydrogens (tertiary/aromatic N) is 2. The summed E-state index contributed by atoms with van der Waals surface area (Å²) in [5.74, 6) is -0.109. The summed E-state index contributed by atoms with van der Waals surface area (Å²) in [6.07, 6.45) is 7.41. The van der Waals surface area contributed by atoms with E-state index in [0.717, 1.165) is 38.9 Å². The van der Waals surface area contributed by atoms with Crippen molar-refractivity contribution < 1.29 is 9.53 Å². The van der Waals surface area contributed by atoms with Crippen LogP contribution in [0.1, 0.15) is 45.2 Å². The van der Waals surface area contributed by atoms with Gasteiger partial charge in [0.2, 0.25) is 0 Å². The first kappa shape index (κ1) is 15.0. The largest absolute Gasteiger partial charge is 0.466 e. The van der Waals surface area contributed by atoms with Crippen LogP contribution in [0.3, 0.4) is 0 Å². The van der Waals surface area contributed by atoms with E-state index in [9.17, 15) is 4.79 Å². The third-order valence-corrected chi connectivity index (χ3v) is 4.12. The Balaban J connectivity index is 1.93. The monoisotopic (exact) mass is 279 g/mol. The van der Waals surface area contributed by atoms with Crippen LogP contribution in [0.4, 0.5) is 0 Å². The van der Waals surface area contributed by atoms with Crippen molar-refractivity contribution in [2.24, 2.45) is 0 Å². The molecule has 1 aliphatic rings. The Morgan fingerprint density at radius 2 is 2.25 bits per heavy atom. The first-order valence-electron chi connectivity index (χ1n) is 7.52. The van der Waals surface area contributed by atoms with Gasteiger partial charge in [0.05, 0.1) is 12.9 Å². The van der Waals surface area contributed by atoms with Gasteiger partial charge in [-0.25, -0.2) is 4.98 Å². The van der Waals surface area contributed by atoms with E-state index < -0.39 is 0 Å². The first-order valence-corrected chi connectivity index (χ1v) is 7.52. The molecule has 0 aromatic carbocycles. The fraction of sp³-hybridized carbons (Fsp3) is 0.733. The maximum absolute atomic E-state index is 11.4. The molecule has 5 nitrogen and oxygen atoms in total. The number of hydrogen-bond donors (Lipinski definition) is 1. The molecule has 2 rings (SSSR count). The van der Waals surface area contributed by atoms with E-state index in [0.29, 0.717) is 13.0 Å². The van der Waals surface area contributed by atoms with E-state index in [1.807, 2.05) is 19.4 Å². The predicted molar refractivity (Wildman–Crippen MR) is 77.5 cm³/mol.